The van der Waals surface area contributed by atoms with E-state index in [1.165, 1.54) is 5.69 Å². The molecule has 1 aromatic carbocycles. The number of aromatic nitrogens is 2. The second-order valence-corrected chi connectivity index (χ2v) is 4.40. The topological polar surface area (TPSA) is 39.1 Å². The zero-order valence-electron chi connectivity index (χ0n) is 11.6. The molecule has 1 N–H and O–H groups in total. The highest BCUT2D eigenvalue weighted by Gasteiger charge is 2.00. The van der Waals surface area contributed by atoms with E-state index >= 15 is 0 Å². The first kappa shape index (κ1) is 13.5. The minimum absolute atomic E-state index is 0.766. The Hall–Kier alpha value is -1.97. The van der Waals surface area contributed by atoms with E-state index in [0.29, 0.717) is 0 Å². The third-order valence-electron chi connectivity index (χ3n) is 2.94. The van der Waals surface area contributed by atoms with Crippen molar-refractivity contribution in [3.63, 3.8) is 0 Å². The zero-order chi connectivity index (χ0) is 13.5. The van der Waals surface area contributed by atoms with Crippen molar-refractivity contribution < 1.29 is 4.74 Å². The molecular formula is C15H21N3O. The van der Waals surface area contributed by atoms with E-state index in [1.807, 2.05) is 36.8 Å². The number of rotatable bonds is 7. The van der Waals surface area contributed by atoms with Gasteiger partial charge >= 0.3 is 0 Å². The first-order chi connectivity index (χ1) is 9.33. The van der Waals surface area contributed by atoms with Gasteiger partial charge in [-0.05, 0) is 37.6 Å². The van der Waals surface area contributed by atoms with Crippen molar-refractivity contribution in [2.24, 2.45) is 0 Å². The van der Waals surface area contributed by atoms with E-state index in [2.05, 4.69) is 28.7 Å². The molecule has 0 aliphatic rings. The van der Waals surface area contributed by atoms with Crippen LogP contribution >= 0.6 is 0 Å². The van der Waals surface area contributed by atoms with Crippen LogP contribution in [-0.2, 0) is 13.1 Å². The molecule has 2 rings (SSSR count). The lowest BCUT2D eigenvalue weighted by molar-refractivity contribution is 0.317. The molecule has 0 saturated carbocycles. The van der Waals surface area contributed by atoms with Gasteiger partial charge in [0.1, 0.15) is 5.75 Å². The van der Waals surface area contributed by atoms with Gasteiger partial charge in [-0.15, -0.1) is 0 Å². The highest BCUT2D eigenvalue weighted by Crippen LogP contribution is 2.16. The molecule has 0 bridgehead atoms. The normalized spacial score (nSPS) is 10.4. The zero-order valence-corrected chi connectivity index (χ0v) is 11.6. The molecule has 0 amide bonds. The molecule has 4 heteroatoms. The Morgan fingerprint density at radius 3 is 2.68 bits per heavy atom. The van der Waals surface area contributed by atoms with Crippen LogP contribution < -0.4 is 10.1 Å². The van der Waals surface area contributed by atoms with E-state index in [9.17, 15) is 0 Å². The van der Waals surface area contributed by atoms with Crippen molar-refractivity contribution in [1.82, 2.24) is 9.55 Å². The summed E-state index contributed by atoms with van der Waals surface area (Å²) in [5, 5.41) is 3.39. The molecule has 1 heterocycles. The Bertz CT molecular complexity index is 490. The predicted molar refractivity (Wildman–Crippen MR) is 77.5 cm³/mol. The van der Waals surface area contributed by atoms with Gasteiger partial charge in [0.05, 0.1) is 25.2 Å². The van der Waals surface area contributed by atoms with E-state index in [4.69, 9.17) is 4.74 Å². The molecule has 0 aliphatic carbocycles. The molecule has 102 valence electrons. The van der Waals surface area contributed by atoms with Crippen LogP contribution in [0, 0.1) is 0 Å². The summed E-state index contributed by atoms with van der Waals surface area (Å²) in [7, 11) is 0. The van der Waals surface area contributed by atoms with Gasteiger partial charge in [-0.3, -0.25) is 0 Å². The van der Waals surface area contributed by atoms with Crippen molar-refractivity contribution in [2.75, 3.05) is 11.9 Å². The van der Waals surface area contributed by atoms with Crippen molar-refractivity contribution in [2.45, 2.75) is 33.4 Å². The lowest BCUT2D eigenvalue weighted by Gasteiger charge is -2.09. The van der Waals surface area contributed by atoms with Crippen molar-refractivity contribution in [1.29, 1.82) is 0 Å². The summed E-state index contributed by atoms with van der Waals surface area (Å²) in [6.45, 7) is 6.71. The van der Waals surface area contributed by atoms with Gasteiger partial charge in [0.2, 0.25) is 0 Å². The van der Waals surface area contributed by atoms with Crippen molar-refractivity contribution in [3.8, 4) is 5.75 Å². The number of nitrogens with one attached hydrogen (secondary N) is 1. The lowest BCUT2D eigenvalue weighted by atomic mass is 10.3. The molecule has 0 spiro atoms. The maximum Gasteiger partial charge on any atom is 0.119 e. The van der Waals surface area contributed by atoms with Crippen LogP contribution in [0.3, 0.4) is 0 Å². The van der Waals surface area contributed by atoms with Crippen LogP contribution in [0.1, 0.15) is 26.0 Å². The smallest absolute Gasteiger partial charge is 0.119 e. The number of ether oxygens (including phenoxy) is 1. The Morgan fingerprint density at radius 2 is 2.00 bits per heavy atom. The molecule has 0 aliphatic heterocycles. The first-order valence-corrected chi connectivity index (χ1v) is 6.79. The fourth-order valence-corrected chi connectivity index (χ4v) is 1.86. The van der Waals surface area contributed by atoms with Gasteiger partial charge in [-0.2, -0.15) is 0 Å². The first-order valence-electron chi connectivity index (χ1n) is 6.79. The number of hydrogen-bond donors (Lipinski definition) is 1. The van der Waals surface area contributed by atoms with Gasteiger partial charge in [-0.1, -0.05) is 6.92 Å². The van der Waals surface area contributed by atoms with Crippen LogP contribution in [0.25, 0.3) is 0 Å². The van der Waals surface area contributed by atoms with Gasteiger partial charge < -0.3 is 14.6 Å². The van der Waals surface area contributed by atoms with Gasteiger partial charge in [0.25, 0.3) is 0 Å². The van der Waals surface area contributed by atoms with Gasteiger partial charge in [-0.25, -0.2) is 4.98 Å². The number of aryl methyl sites for hydroxylation is 1. The fourth-order valence-electron chi connectivity index (χ4n) is 1.86. The molecule has 19 heavy (non-hydrogen) atoms. The van der Waals surface area contributed by atoms with E-state index < -0.39 is 0 Å². The van der Waals surface area contributed by atoms with E-state index in [0.717, 1.165) is 37.6 Å². The molecule has 0 atom stereocenters. The molecule has 0 saturated heterocycles. The second kappa shape index (κ2) is 6.83. The molecule has 1 aromatic heterocycles. The summed E-state index contributed by atoms with van der Waals surface area (Å²) in [6.07, 6.45) is 4.79. The predicted octanol–water partition coefficient (Wildman–Crippen LogP) is 3.30. The van der Waals surface area contributed by atoms with Gasteiger partial charge in [0.15, 0.2) is 0 Å². The third-order valence-corrected chi connectivity index (χ3v) is 2.94. The highest BCUT2D eigenvalue weighted by molar-refractivity contribution is 5.46. The monoisotopic (exact) mass is 259 g/mol. The highest BCUT2D eigenvalue weighted by atomic mass is 16.5. The van der Waals surface area contributed by atoms with Crippen LogP contribution in [-0.4, -0.2) is 16.2 Å². The molecule has 4 nitrogen and oxygen atoms in total. The van der Waals surface area contributed by atoms with Crippen LogP contribution in [0.5, 0.6) is 5.75 Å². The minimum Gasteiger partial charge on any atom is -0.494 e. The number of imidazole rings is 1. The quantitative estimate of drug-likeness (QED) is 0.829. The van der Waals surface area contributed by atoms with Crippen LogP contribution in [0.4, 0.5) is 5.69 Å². The number of nitrogens with zero attached hydrogens (tertiary/aromatic N) is 2. The average Bonchev–Trinajstić information content (AvgIpc) is 2.91. The lowest BCUT2D eigenvalue weighted by Crippen LogP contribution is -2.05. The van der Waals surface area contributed by atoms with Crippen molar-refractivity contribution >= 4 is 5.69 Å². The molecule has 0 radical (unpaired) electrons. The molecule has 2 aromatic rings. The number of benzene rings is 1. The minimum atomic E-state index is 0.766. The third kappa shape index (κ3) is 3.74. The summed E-state index contributed by atoms with van der Waals surface area (Å²) in [6, 6.07) is 8.07. The number of hydrogen-bond acceptors (Lipinski definition) is 3. The fraction of sp³-hybridized carbons (Fsp3) is 0.400. The second-order valence-electron chi connectivity index (χ2n) is 4.40. The Balaban J connectivity index is 1.89. The Kier molecular flexibility index (Phi) is 4.84. The van der Waals surface area contributed by atoms with E-state index in [-0.39, 0.29) is 0 Å². The molecule has 0 unspecified atom stereocenters. The molecule has 0 fully saturated rings. The van der Waals surface area contributed by atoms with Crippen molar-refractivity contribution in [3.05, 3.63) is 42.5 Å². The SMILES string of the molecule is CCCOc1ccc(NCc2cncn2CC)cc1. The summed E-state index contributed by atoms with van der Waals surface area (Å²) >= 11 is 0. The Morgan fingerprint density at radius 1 is 1.21 bits per heavy atom. The Labute approximate surface area is 114 Å². The standard InChI is InChI=1S/C15H21N3O/c1-3-9-19-15-7-5-13(6-8-15)17-11-14-10-16-12-18(14)4-2/h5-8,10,12,17H,3-4,9,11H2,1-2H3. The summed E-state index contributed by atoms with van der Waals surface area (Å²) in [5.74, 6) is 0.922. The summed E-state index contributed by atoms with van der Waals surface area (Å²) in [4.78, 5) is 4.16. The molecular weight excluding hydrogens is 238 g/mol. The maximum absolute atomic E-state index is 5.56. The maximum atomic E-state index is 5.56. The van der Waals surface area contributed by atoms with Crippen LogP contribution in [0.15, 0.2) is 36.8 Å². The summed E-state index contributed by atoms with van der Waals surface area (Å²) < 4.78 is 7.69. The largest absolute Gasteiger partial charge is 0.494 e. The van der Waals surface area contributed by atoms with Crippen LogP contribution in [0.2, 0.25) is 0 Å². The summed E-state index contributed by atoms with van der Waals surface area (Å²) in [5.41, 5.74) is 2.28. The number of anilines is 1. The van der Waals surface area contributed by atoms with Gasteiger partial charge in [0, 0.05) is 18.4 Å². The average molecular weight is 259 g/mol. The van der Waals surface area contributed by atoms with E-state index in [1.54, 1.807) is 0 Å².